The third kappa shape index (κ3) is 4.74. The molecule has 2 atom stereocenters. The lowest BCUT2D eigenvalue weighted by atomic mass is 9.91. The smallest absolute Gasteiger partial charge is 0.313 e. The molecule has 1 saturated carbocycles. The first-order valence-electron chi connectivity index (χ1n) is 6.60. The molecule has 5 nitrogen and oxygen atoms in total. The predicted octanol–water partition coefficient (Wildman–Crippen LogP) is 0.744. The number of carbonyl (C=O) groups is 2. The van der Waals surface area contributed by atoms with Gasteiger partial charge in [0, 0.05) is 6.04 Å². The van der Waals surface area contributed by atoms with Gasteiger partial charge in [0.25, 0.3) is 0 Å². The molecule has 0 aromatic carbocycles. The molecule has 0 bridgehead atoms. The molecule has 0 saturated heterocycles. The molecule has 18 heavy (non-hydrogen) atoms. The van der Waals surface area contributed by atoms with E-state index in [1.165, 1.54) is 0 Å². The first-order valence-corrected chi connectivity index (χ1v) is 6.60. The Balaban J connectivity index is 2.36. The molecule has 2 unspecified atom stereocenters. The van der Waals surface area contributed by atoms with E-state index < -0.39 is 5.97 Å². The largest absolute Gasteiger partial charge is 0.466 e. The molecule has 1 N–H and O–H groups in total. The Labute approximate surface area is 108 Å². The Kier molecular flexibility index (Phi) is 6.29. The topological polar surface area (TPSA) is 66.8 Å². The van der Waals surface area contributed by atoms with Crippen LogP contribution < -0.4 is 0 Å². The van der Waals surface area contributed by atoms with Gasteiger partial charge in [-0.25, -0.2) is 0 Å². The van der Waals surface area contributed by atoms with Crippen molar-refractivity contribution in [1.29, 1.82) is 0 Å². The summed E-state index contributed by atoms with van der Waals surface area (Å²) in [6.07, 6.45) is 3.28. The highest BCUT2D eigenvalue weighted by atomic mass is 16.5. The second kappa shape index (κ2) is 7.48. The van der Waals surface area contributed by atoms with Gasteiger partial charge < -0.3 is 9.84 Å². The number of ketones is 1. The fourth-order valence-corrected chi connectivity index (χ4v) is 2.43. The number of nitrogens with zero attached hydrogens (tertiary/aromatic N) is 1. The highest BCUT2D eigenvalue weighted by molar-refractivity contribution is 5.96. The summed E-state index contributed by atoms with van der Waals surface area (Å²) in [7, 11) is 1.82. The minimum Gasteiger partial charge on any atom is -0.466 e. The van der Waals surface area contributed by atoms with Crippen LogP contribution in [-0.2, 0) is 14.3 Å². The Bertz CT molecular complexity index is 293. The lowest BCUT2D eigenvalue weighted by Gasteiger charge is -2.34. The number of aliphatic hydroxyl groups is 1. The van der Waals surface area contributed by atoms with E-state index in [0.29, 0.717) is 6.61 Å². The van der Waals surface area contributed by atoms with Gasteiger partial charge in [-0.3, -0.25) is 14.5 Å². The molecule has 0 aliphatic heterocycles. The zero-order valence-electron chi connectivity index (χ0n) is 11.2. The SMILES string of the molecule is CCOC(=O)CC(=O)CN(C)C1CCCCC1O. The van der Waals surface area contributed by atoms with Crippen molar-refractivity contribution in [2.45, 2.75) is 51.2 Å². The molecule has 0 aromatic rings. The highest BCUT2D eigenvalue weighted by Crippen LogP contribution is 2.22. The standard InChI is InChI=1S/C13H23NO4/c1-3-18-13(17)8-10(15)9-14(2)11-6-4-5-7-12(11)16/h11-12,16H,3-9H2,1-2H3. The fourth-order valence-electron chi connectivity index (χ4n) is 2.43. The van der Waals surface area contributed by atoms with Crippen molar-refractivity contribution in [3.05, 3.63) is 0 Å². The number of hydrogen-bond acceptors (Lipinski definition) is 5. The number of esters is 1. The van der Waals surface area contributed by atoms with Crippen LogP contribution in [0.1, 0.15) is 39.0 Å². The van der Waals surface area contributed by atoms with E-state index in [9.17, 15) is 14.7 Å². The van der Waals surface area contributed by atoms with Gasteiger partial charge in [0.1, 0.15) is 6.42 Å². The Morgan fingerprint density at radius 1 is 1.33 bits per heavy atom. The summed E-state index contributed by atoms with van der Waals surface area (Å²) in [5.74, 6) is -0.631. The van der Waals surface area contributed by atoms with E-state index in [0.717, 1.165) is 25.7 Å². The van der Waals surface area contributed by atoms with Gasteiger partial charge >= 0.3 is 5.97 Å². The van der Waals surface area contributed by atoms with Crippen molar-refractivity contribution in [3.63, 3.8) is 0 Å². The molecule has 1 fully saturated rings. The Morgan fingerprint density at radius 3 is 2.61 bits per heavy atom. The first-order chi connectivity index (χ1) is 8.54. The number of aliphatic hydroxyl groups excluding tert-OH is 1. The van der Waals surface area contributed by atoms with Crippen LogP contribution >= 0.6 is 0 Å². The van der Waals surface area contributed by atoms with E-state index in [1.54, 1.807) is 6.92 Å². The van der Waals surface area contributed by atoms with Crippen LogP contribution in [0.4, 0.5) is 0 Å². The molecule has 1 aliphatic rings. The summed E-state index contributed by atoms with van der Waals surface area (Å²) >= 11 is 0. The summed E-state index contributed by atoms with van der Waals surface area (Å²) in [5, 5.41) is 9.87. The lowest BCUT2D eigenvalue weighted by molar-refractivity contribution is -0.145. The van der Waals surface area contributed by atoms with Crippen molar-refractivity contribution in [2.75, 3.05) is 20.2 Å². The number of Topliss-reactive ketones (excluding diaryl/α,β-unsaturated/α-hetero) is 1. The molecule has 0 amide bonds. The molecule has 104 valence electrons. The minimum absolute atomic E-state index is 0.0323. The molecule has 0 heterocycles. The van der Waals surface area contributed by atoms with E-state index >= 15 is 0 Å². The van der Waals surface area contributed by atoms with E-state index in [1.807, 2.05) is 11.9 Å². The number of hydrogen-bond donors (Lipinski definition) is 1. The number of likely N-dealkylation sites (N-methyl/N-ethyl adjacent to an activating group) is 1. The molecular formula is C13H23NO4. The van der Waals surface area contributed by atoms with Crippen LogP contribution in [0.25, 0.3) is 0 Å². The third-order valence-electron chi connectivity index (χ3n) is 3.33. The van der Waals surface area contributed by atoms with Crippen molar-refractivity contribution in [2.24, 2.45) is 0 Å². The number of rotatable bonds is 6. The highest BCUT2D eigenvalue weighted by Gasteiger charge is 2.27. The maximum absolute atomic E-state index is 11.7. The molecule has 0 spiro atoms. The monoisotopic (exact) mass is 257 g/mol. The zero-order chi connectivity index (χ0) is 13.5. The summed E-state index contributed by atoms with van der Waals surface area (Å²) < 4.78 is 4.73. The quantitative estimate of drug-likeness (QED) is 0.561. The zero-order valence-corrected chi connectivity index (χ0v) is 11.2. The van der Waals surface area contributed by atoms with Crippen molar-refractivity contribution in [3.8, 4) is 0 Å². The summed E-state index contributed by atoms with van der Waals surface area (Å²) in [6, 6.07) is 0.0323. The third-order valence-corrected chi connectivity index (χ3v) is 3.33. The van der Waals surface area contributed by atoms with Gasteiger partial charge in [0.15, 0.2) is 5.78 Å². The van der Waals surface area contributed by atoms with Gasteiger partial charge in [0.2, 0.25) is 0 Å². The first kappa shape index (κ1) is 15.1. The normalized spacial score (nSPS) is 24.0. The minimum atomic E-state index is -0.472. The van der Waals surface area contributed by atoms with Crippen LogP contribution in [0.2, 0.25) is 0 Å². The molecule has 0 radical (unpaired) electrons. The second-order valence-electron chi connectivity index (χ2n) is 4.85. The van der Waals surface area contributed by atoms with Crippen LogP contribution in [0, 0.1) is 0 Å². The second-order valence-corrected chi connectivity index (χ2v) is 4.85. The van der Waals surface area contributed by atoms with Gasteiger partial charge in [-0.15, -0.1) is 0 Å². The molecule has 5 heteroatoms. The Hall–Kier alpha value is -0.940. The van der Waals surface area contributed by atoms with Gasteiger partial charge in [-0.2, -0.15) is 0 Å². The van der Waals surface area contributed by atoms with Crippen molar-refractivity contribution < 1.29 is 19.4 Å². The summed E-state index contributed by atoms with van der Waals surface area (Å²) in [4.78, 5) is 24.7. The molecule has 1 rings (SSSR count). The van der Waals surface area contributed by atoms with Crippen LogP contribution in [-0.4, -0.2) is 54.1 Å². The van der Waals surface area contributed by atoms with Crippen molar-refractivity contribution in [1.82, 2.24) is 4.90 Å². The van der Waals surface area contributed by atoms with E-state index in [4.69, 9.17) is 4.74 Å². The predicted molar refractivity (Wildman–Crippen MR) is 67.1 cm³/mol. The fraction of sp³-hybridized carbons (Fsp3) is 0.846. The number of carbonyl (C=O) groups excluding carboxylic acids is 2. The average molecular weight is 257 g/mol. The molecule has 1 aliphatic carbocycles. The molecule has 0 aromatic heterocycles. The van der Waals surface area contributed by atoms with Gasteiger partial charge in [0.05, 0.1) is 19.3 Å². The van der Waals surface area contributed by atoms with Crippen LogP contribution in [0.3, 0.4) is 0 Å². The Morgan fingerprint density at radius 2 is 2.00 bits per heavy atom. The maximum Gasteiger partial charge on any atom is 0.313 e. The average Bonchev–Trinajstić information content (AvgIpc) is 2.29. The molecular weight excluding hydrogens is 234 g/mol. The summed E-state index contributed by atoms with van der Waals surface area (Å²) in [5.41, 5.74) is 0. The maximum atomic E-state index is 11.7. The van der Waals surface area contributed by atoms with Crippen LogP contribution in [0.15, 0.2) is 0 Å². The lowest BCUT2D eigenvalue weighted by Crippen LogP contribution is -2.45. The van der Waals surface area contributed by atoms with Crippen molar-refractivity contribution >= 4 is 11.8 Å². The van der Waals surface area contributed by atoms with Gasteiger partial charge in [-0.1, -0.05) is 12.8 Å². The number of ether oxygens (including phenoxy) is 1. The summed E-state index contributed by atoms with van der Waals surface area (Å²) in [6.45, 7) is 2.21. The van der Waals surface area contributed by atoms with E-state index in [-0.39, 0.29) is 30.9 Å². The van der Waals surface area contributed by atoms with Crippen LogP contribution in [0.5, 0.6) is 0 Å². The van der Waals surface area contributed by atoms with Gasteiger partial charge in [-0.05, 0) is 26.8 Å². The van der Waals surface area contributed by atoms with E-state index in [2.05, 4.69) is 0 Å².